The summed E-state index contributed by atoms with van der Waals surface area (Å²) in [4.78, 5) is 8.39. The van der Waals surface area contributed by atoms with E-state index < -0.39 is 6.61 Å². The van der Waals surface area contributed by atoms with Crippen molar-refractivity contribution in [3.63, 3.8) is 0 Å². The number of hydrogen-bond acceptors (Lipinski definition) is 6. The molecule has 0 saturated carbocycles. The van der Waals surface area contributed by atoms with E-state index in [1.807, 2.05) is 19.9 Å². The summed E-state index contributed by atoms with van der Waals surface area (Å²) in [5.41, 5.74) is 2.58. The topological polar surface area (TPSA) is 82.1 Å². The van der Waals surface area contributed by atoms with Crippen LogP contribution in [-0.2, 0) is 0 Å². The van der Waals surface area contributed by atoms with Gasteiger partial charge in [-0.3, -0.25) is 4.99 Å². The highest BCUT2D eigenvalue weighted by Crippen LogP contribution is 2.30. The Morgan fingerprint density at radius 2 is 2.08 bits per heavy atom. The monoisotopic (exact) mass is 382 g/mol. The van der Waals surface area contributed by atoms with E-state index in [4.69, 9.17) is 22.2 Å². The fraction of sp³-hybridized carbons (Fsp3) is 0.235. The zero-order valence-corrected chi connectivity index (χ0v) is 14.9. The molecule has 0 aliphatic rings. The van der Waals surface area contributed by atoms with Gasteiger partial charge in [0, 0.05) is 17.8 Å². The molecule has 0 spiro atoms. The number of ether oxygens (including phenoxy) is 2. The Hall–Kier alpha value is -2.74. The van der Waals surface area contributed by atoms with Crippen molar-refractivity contribution in [1.29, 1.82) is 0 Å². The SMILES string of the molecule is Cc1ccc(OCC(C=Nc2ccc(Cl)c(OC(F)F)c2)=NN)nc1C. The van der Waals surface area contributed by atoms with Gasteiger partial charge in [-0.2, -0.15) is 13.9 Å². The molecule has 0 radical (unpaired) electrons. The highest BCUT2D eigenvalue weighted by Gasteiger charge is 2.09. The maximum Gasteiger partial charge on any atom is 0.387 e. The molecular weight excluding hydrogens is 366 g/mol. The van der Waals surface area contributed by atoms with Crippen molar-refractivity contribution >= 4 is 29.2 Å². The number of alkyl halides is 2. The zero-order valence-electron chi connectivity index (χ0n) is 14.1. The van der Waals surface area contributed by atoms with E-state index in [1.165, 1.54) is 24.4 Å². The Labute approximate surface area is 154 Å². The van der Waals surface area contributed by atoms with Crippen LogP contribution < -0.4 is 15.3 Å². The number of aryl methyl sites for hydroxylation is 2. The average Bonchev–Trinajstić information content (AvgIpc) is 2.60. The first-order chi connectivity index (χ1) is 12.4. The summed E-state index contributed by atoms with van der Waals surface area (Å²) in [6.07, 6.45) is 1.36. The normalized spacial score (nSPS) is 12.0. The number of hydrogen-bond donors (Lipinski definition) is 1. The van der Waals surface area contributed by atoms with Crippen LogP contribution in [-0.4, -0.2) is 30.1 Å². The highest BCUT2D eigenvalue weighted by atomic mass is 35.5. The van der Waals surface area contributed by atoms with Gasteiger partial charge in [-0.1, -0.05) is 17.7 Å². The molecule has 2 aromatic rings. The lowest BCUT2D eigenvalue weighted by atomic mass is 10.2. The predicted octanol–water partition coefficient (Wildman–Crippen LogP) is 4.05. The summed E-state index contributed by atoms with van der Waals surface area (Å²) in [5.74, 6) is 5.59. The molecular formula is C17H17ClF2N4O2. The van der Waals surface area contributed by atoms with Gasteiger partial charge in [0.2, 0.25) is 5.88 Å². The quantitative estimate of drug-likeness (QED) is 0.445. The van der Waals surface area contributed by atoms with Gasteiger partial charge in [0.25, 0.3) is 0 Å². The van der Waals surface area contributed by atoms with Crippen LogP contribution in [0.4, 0.5) is 14.5 Å². The number of rotatable bonds is 7. The number of halogens is 3. The summed E-state index contributed by atoms with van der Waals surface area (Å²) >= 11 is 5.79. The van der Waals surface area contributed by atoms with Crippen molar-refractivity contribution in [1.82, 2.24) is 4.98 Å². The first kappa shape index (κ1) is 19.6. The molecule has 2 N–H and O–H groups in total. The van der Waals surface area contributed by atoms with Crippen LogP contribution in [0.1, 0.15) is 11.3 Å². The predicted molar refractivity (Wildman–Crippen MR) is 97.1 cm³/mol. The molecule has 0 amide bonds. The van der Waals surface area contributed by atoms with Crippen molar-refractivity contribution in [2.75, 3.05) is 6.61 Å². The van der Waals surface area contributed by atoms with Gasteiger partial charge in [0.15, 0.2) is 0 Å². The van der Waals surface area contributed by atoms with E-state index in [9.17, 15) is 8.78 Å². The number of aliphatic imine (C=N–C) groups is 1. The van der Waals surface area contributed by atoms with Crippen LogP contribution in [0, 0.1) is 13.8 Å². The summed E-state index contributed by atoms with van der Waals surface area (Å²) in [6, 6.07) is 7.85. The smallest absolute Gasteiger partial charge is 0.387 e. The fourth-order valence-electron chi connectivity index (χ4n) is 1.85. The lowest BCUT2D eigenvalue weighted by molar-refractivity contribution is -0.0497. The van der Waals surface area contributed by atoms with Gasteiger partial charge < -0.3 is 15.3 Å². The lowest BCUT2D eigenvalue weighted by Gasteiger charge is -2.07. The molecule has 26 heavy (non-hydrogen) atoms. The van der Waals surface area contributed by atoms with Crippen molar-refractivity contribution in [2.45, 2.75) is 20.5 Å². The molecule has 0 unspecified atom stereocenters. The molecule has 1 heterocycles. The molecule has 138 valence electrons. The summed E-state index contributed by atoms with van der Waals surface area (Å²) in [5, 5.41) is 3.64. The summed E-state index contributed by atoms with van der Waals surface area (Å²) in [7, 11) is 0. The lowest BCUT2D eigenvalue weighted by Crippen LogP contribution is -2.15. The average molecular weight is 383 g/mol. The van der Waals surface area contributed by atoms with E-state index in [2.05, 4.69) is 19.8 Å². The maximum atomic E-state index is 12.3. The van der Waals surface area contributed by atoms with Gasteiger partial charge in [-0.25, -0.2) is 4.98 Å². The Morgan fingerprint density at radius 3 is 2.73 bits per heavy atom. The fourth-order valence-corrected chi connectivity index (χ4v) is 2.01. The molecule has 6 nitrogen and oxygen atoms in total. The Bertz CT molecular complexity index is 828. The molecule has 0 aliphatic heterocycles. The van der Waals surface area contributed by atoms with E-state index in [-0.39, 0.29) is 17.4 Å². The Kier molecular flexibility index (Phi) is 6.85. The van der Waals surface area contributed by atoms with Gasteiger partial charge in [-0.05, 0) is 31.5 Å². The second-order valence-corrected chi connectivity index (χ2v) is 5.62. The molecule has 9 heteroatoms. The van der Waals surface area contributed by atoms with Crippen LogP contribution in [0.3, 0.4) is 0 Å². The van der Waals surface area contributed by atoms with Crippen molar-refractivity contribution in [2.24, 2.45) is 15.9 Å². The largest absolute Gasteiger partial charge is 0.471 e. The summed E-state index contributed by atoms with van der Waals surface area (Å²) < 4.78 is 34.5. The van der Waals surface area contributed by atoms with E-state index in [0.29, 0.717) is 17.3 Å². The van der Waals surface area contributed by atoms with E-state index >= 15 is 0 Å². The first-order valence-corrected chi connectivity index (χ1v) is 7.89. The van der Waals surface area contributed by atoms with Gasteiger partial charge in [0.05, 0.1) is 16.9 Å². The number of pyridine rings is 1. The highest BCUT2D eigenvalue weighted by molar-refractivity contribution is 6.32. The molecule has 0 saturated heterocycles. The van der Waals surface area contributed by atoms with Crippen LogP contribution >= 0.6 is 11.6 Å². The Morgan fingerprint density at radius 1 is 1.31 bits per heavy atom. The van der Waals surface area contributed by atoms with Crippen LogP contribution in [0.2, 0.25) is 5.02 Å². The number of hydrazone groups is 1. The van der Waals surface area contributed by atoms with E-state index in [0.717, 1.165) is 11.3 Å². The first-order valence-electron chi connectivity index (χ1n) is 7.51. The third kappa shape index (κ3) is 5.66. The molecule has 1 aromatic carbocycles. The van der Waals surface area contributed by atoms with Crippen LogP contribution in [0.15, 0.2) is 40.4 Å². The maximum absolute atomic E-state index is 12.3. The molecule has 1 aromatic heterocycles. The van der Waals surface area contributed by atoms with E-state index in [1.54, 1.807) is 6.07 Å². The second-order valence-electron chi connectivity index (χ2n) is 5.21. The molecule has 0 bridgehead atoms. The number of nitrogens with two attached hydrogens (primary N) is 1. The van der Waals surface area contributed by atoms with Gasteiger partial charge >= 0.3 is 6.61 Å². The van der Waals surface area contributed by atoms with Crippen molar-refractivity contribution < 1.29 is 18.3 Å². The third-order valence-corrected chi connectivity index (χ3v) is 3.66. The van der Waals surface area contributed by atoms with Gasteiger partial charge in [-0.15, -0.1) is 0 Å². The van der Waals surface area contributed by atoms with Crippen LogP contribution in [0.25, 0.3) is 0 Å². The molecule has 0 atom stereocenters. The number of nitrogens with zero attached hydrogens (tertiary/aromatic N) is 3. The minimum Gasteiger partial charge on any atom is -0.471 e. The zero-order chi connectivity index (χ0) is 19.1. The number of aromatic nitrogens is 1. The second kappa shape index (κ2) is 9.10. The molecule has 0 fully saturated rings. The molecule has 0 aliphatic carbocycles. The third-order valence-electron chi connectivity index (χ3n) is 3.35. The Balaban J connectivity index is 2.04. The summed E-state index contributed by atoms with van der Waals surface area (Å²) in [6.45, 7) is 0.890. The van der Waals surface area contributed by atoms with Crippen molar-refractivity contribution in [3.8, 4) is 11.6 Å². The molecule has 2 rings (SSSR count). The van der Waals surface area contributed by atoms with Crippen LogP contribution in [0.5, 0.6) is 11.6 Å². The number of benzene rings is 1. The minimum atomic E-state index is -2.98. The standard InChI is InChI=1S/C17H17ClF2N4O2/c1-10-3-6-16(23-11(10)2)25-9-13(24-21)8-22-12-4-5-14(18)15(7-12)26-17(19)20/h3-8,17H,9,21H2,1-2H3. The minimum absolute atomic E-state index is 0.0451. The van der Waals surface area contributed by atoms with Crippen molar-refractivity contribution in [3.05, 3.63) is 46.6 Å². The van der Waals surface area contributed by atoms with Gasteiger partial charge in [0.1, 0.15) is 18.1 Å².